The van der Waals surface area contributed by atoms with Crippen LogP contribution < -0.4 is 5.32 Å². The van der Waals surface area contributed by atoms with E-state index in [0.29, 0.717) is 0 Å². The highest BCUT2D eigenvalue weighted by molar-refractivity contribution is 5.46. The van der Waals surface area contributed by atoms with Crippen molar-refractivity contribution in [3.63, 3.8) is 0 Å². The lowest BCUT2D eigenvalue weighted by Gasteiger charge is -2.06. The Bertz CT molecular complexity index is 424. The predicted octanol–water partition coefficient (Wildman–Crippen LogP) is 2.88. The van der Waals surface area contributed by atoms with Gasteiger partial charge >= 0.3 is 0 Å². The fourth-order valence-corrected chi connectivity index (χ4v) is 1.38. The van der Waals surface area contributed by atoms with Crippen molar-refractivity contribution in [2.24, 2.45) is 0 Å². The largest absolute Gasteiger partial charge is 0.379 e. The lowest BCUT2D eigenvalue weighted by atomic mass is 10.2. The molecule has 0 fully saturated rings. The van der Waals surface area contributed by atoms with Gasteiger partial charge in [0, 0.05) is 11.9 Å². The van der Waals surface area contributed by atoms with Crippen molar-refractivity contribution in [3.05, 3.63) is 66.8 Å². The monoisotopic (exact) mass is 197 g/mol. The van der Waals surface area contributed by atoms with E-state index in [2.05, 4.69) is 17.2 Å². The Morgan fingerprint density at radius 2 is 2.07 bits per heavy atom. The lowest BCUT2D eigenvalue weighted by Crippen LogP contribution is -2.00. The van der Waals surface area contributed by atoms with Crippen LogP contribution in [0, 0.1) is 6.92 Å². The summed E-state index contributed by atoms with van der Waals surface area (Å²) in [6.45, 7) is 4.62. The van der Waals surface area contributed by atoms with E-state index in [9.17, 15) is 0 Å². The zero-order valence-corrected chi connectivity index (χ0v) is 8.48. The number of nitrogens with zero attached hydrogens (tertiary/aromatic N) is 1. The van der Waals surface area contributed by atoms with Crippen LogP contribution in [0.4, 0.5) is 5.69 Å². The number of aromatic nitrogens is 1. The quantitative estimate of drug-likeness (QED) is 0.818. The van der Waals surface area contributed by atoms with E-state index in [1.165, 1.54) is 0 Å². The molecule has 15 heavy (non-hydrogen) atoms. The zero-order chi connectivity index (χ0) is 10.5. The van der Waals surface area contributed by atoms with Gasteiger partial charge in [0.15, 0.2) is 0 Å². The van der Waals surface area contributed by atoms with Gasteiger partial charge in [-0.25, -0.2) is 0 Å². The van der Waals surface area contributed by atoms with Crippen LogP contribution in [0.15, 0.2) is 48.7 Å². The highest BCUT2D eigenvalue weighted by Gasteiger charge is 1.94. The van der Waals surface area contributed by atoms with Gasteiger partial charge in [0.05, 0.1) is 12.2 Å². The van der Waals surface area contributed by atoms with Crippen molar-refractivity contribution in [2.45, 2.75) is 6.54 Å². The average Bonchev–Trinajstić information content (AvgIpc) is 2.28. The highest BCUT2D eigenvalue weighted by atomic mass is 14.9. The topological polar surface area (TPSA) is 24.9 Å². The molecule has 0 aliphatic heterocycles. The van der Waals surface area contributed by atoms with Crippen molar-refractivity contribution in [1.29, 1.82) is 0 Å². The molecule has 75 valence electrons. The SMILES string of the molecule is [CH2]c1cccc(NCc2ccccn2)c1. The van der Waals surface area contributed by atoms with Crippen LogP contribution in [0.2, 0.25) is 0 Å². The maximum Gasteiger partial charge on any atom is 0.0594 e. The molecule has 1 aromatic carbocycles. The average molecular weight is 197 g/mol. The van der Waals surface area contributed by atoms with E-state index >= 15 is 0 Å². The van der Waals surface area contributed by atoms with Gasteiger partial charge in [-0.15, -0.1) is 0 Å². The Morgan fingerprint density at radius 3 is 2.80 bits per heavy atom. The second kappa shape index (κ2) is 4.60. The summed E-state index contributed by atoms with van der Waals surface area (Å²) in [5.41, 5.74) is 3.13. The first-order chi connectivity index (χ1) is 7.34. The number of anilines is 1. The molecule has 0 unspecified atom stereocenters. The molecule has 1 radical (unpaired) electrons. The predicted molar refractivity (Wildman–Crippen MR) is 62.5 cm³/mol. The van der Waals surface area contributed by atoms with Crippen molar-refractivity contribution < 1.29 is 0 Å². The molecule has 0 aliphatic carbocycles. The summed E-state index contributed by atoms with van der Waals surface area (Å²) in [7, 11) is 0. The number of benzene rings is 1. The maximum atomic E-state index is 4.24. The van der Waals surface area contributed by atoms with Crippen molar-refractivity contribution in [3.8, 4) is 0 Å². The molecule has 0 amide bonds. The number of nitrogens with one attached hydrogen (secondary N) is 1. The van der Waals surface area contributed by atoms with Crippen molar-refractivity contribution in [1.82, 2.24) is 4.98 Å². The molecular formula is C13H13N2. The Morgan fingerprint density at radius 1 is 1.13 bits per heavy atom. The summed E-state index contributed by atoms with van der Waals surface area (Å²) < 4.78 is 0. The van der Waals surface area contributed by atoms with Gasteiger partial charge in [-0.05, 0) is 36.8 Å². The molecule has 1 heterocycles. The van der Waals surface area contributed by atoms with E-state index in [-0.39, 0.29) is 0 Å². The van der Waals surface area contributed by atoms with E-state index in [4.69, 9.17) is 0 Å². The lowest BCUT2D eigenvalue weighted by molar-refractivity contribution is 1.05. The molecule has 2 nitrogen and oxygen atoms in total. The third-order valence-corrected chi connectivity index (χ3v) is 2.13. The molecule has 0 saturated heterocycles. The smallest absolute Gasteiger partial charge is 0.0594 e. The Hall–Kier alpha value is -1.83. The fourth-order valence-electron chi connectivity index (χ4n) is 1.38. The van der Waals surface area contributed by atoms with Crippen molar-refractivity contribution in [2.75, 3.05) is 5.32 Å². The van der Waals surface area contributed by atoms with Gasteiger partial charge in [-0.2, -0.15) is 0 Å². The molecule has 0 saturated carbocycles. The van der Waals surface area contributed by atoms with Crippen LogP contribution in [-0.4, -0.2) is 4.98 Å². The molecular weight excluding hydrogens is 184 g/mol. The maximum absolute atomic E-state index is 4.24. The Kier molecular flexibility index (Phi) is 2.98. The van der Waals surface area contributed by atoms with Crippen LogP contribution in [0.3, 0.4) is 0 Å². The molecule has 2 aromatic rings. The van der Waals surface area contributed by atoms with Crippen LogP contribution in [0.5, 0.6) is 0 Å². The Labute approximate surface area is 90.0 Å². The molecule has 0 spiro atoms. The molecule has 1 aromatic heterocycles. The summed E-state index contributed by atoms with van der Waals surface area (Å²) in [6.07, 6.45) is 1.80. The second-order valence-electron chi connectivity index (χ2n) is 3.38. The molecule has 2 rings (SSSR count). The normalized spacial score (nSPS) is 9.93. The van der Waals surface area contributed by atoms with Gasteiger partial charge in [-0.3, -0.25) is 4.98 Å². The summed E-state index contributed by atoms with van der Waals surface area (Å²) in [4.78, 5) is 4.24. The summed E-state index contributed by atoms with van der Waals surface area (Å²) in [5, 5.41) is 3.30. The van der Waals surface area contributed by atoms with Gasteiger partial charge in [0.1, 0.15) is 0 Å². The van der Waals surface area contributed by atoms with E-state index in [1.54, 1.807) is 6.20 Å². The number of hydrogen-bond acceptors (Lipinski definition) is 2. The van der Waals surface area contributed by atoms with E-state index in [1.807, 2.05) is 42.5 Å². The van der Waals surface area contributed by atoms with E-state index in [0.717, 1.165) is 23.5 Å². The van der Waals surface area contributed by atoms with Crippen molar-refractivity contribution >= 4 is 5.69 Å². The van der Waals surface area contributed by atoms with Crippen LogP contribution in [0.1, 0.15) is 11.3 Å². The second-order valence-corrected chi connectivity index (χ2v) is 3.38. The molecule has 0 bridgehead atoms. The van der Waals surface area contributed by atoms with Gasteiger partial charge in [0.2, 0.25) is 0 Å². The first-order valence-corrected chi connectivity index (χ1v) is 4.90. The minimum absolute atomic E-state index is 0.740. The minimum atomic E-state index is 0.740. The summed E-state index contributed by atoms with van der Waals surface area (Å²) >= 11 is 0. The van der Waals surface area contributed by atoms with Gasteiger partial charge < -0.3 is 5.32 Å². The molecule has 0 atom stereocenters. The first-order valence-electron chi connectivity index (χ1n) is 4.90. The van der Waals surface area contributed by atoms with Crippen LogP contribution in [-0.2, 0) is 6.54 Å². The third-order valence-electron chi connectivity index (χ3n) is 2.13. The molecule has 2 heteroatoms. The molecule has 0 aliphatic rings. The first kappa shape index (κ1) is 9.71. The third kappa shape index (κ3) is 2.81. The summed E-state index contributed by atoms with van der Waals surface area (Å²) in [5.74, 6) is 0. The van der Waals surface area contributed by atoms with Gasteiger partial charge in [0.25, 0.3) is 0 Å². The minimum Gasteiger partial charge on any atom is -0.379 e. The number of pyridine rings is 1. The van der Waals surface area contributed by atoms with Crippen LogP contribution in [0.25, 0.3) is 0 Å². The Balaban J connectivity index is 1.99. The highest BCUT2D eigenvalue weighted by Crippen LogP contribution is 2.10. The number of hydrogen-bond donors (Lipinski definition) is 1. The summed E-state index contributed by atoms with van der Waals surface area (Å²) in [6, 6.07) is 13.9. The fraction of sp³-hybridized carbons (Fsp3) is 0.0769. The molecule has 1 N–H and O–H groups in total. The standard InChI is InChI=1S/C13H13N2/c1-11-5-4-7-12(9-11)15-10-13-6-2-3-8-14-13/h2-9,15H,1,10H2. The van der Waals surface area contributed by atoms with Crippen LogP contribution >= 0.6 is 0 Å². The zero-order valence-electron chi connectivity index (χ0n) is 8.48. The van der Waals surface area contributed by atoms with Gasteiger partial charge in [-0.1, -0.05) is 18.2 Å². The number of rotatable bonds is 3. The van der Waals surface area contributed by atoms with E-state index < -0.39 is 0 Å².